The van der Waals surface area contributed by atoms with Gasteiger partial charge < -0.3 is 14.0 Å². The molecule has 18 heavy (non-hydrogen) atoms. The van der Waals surface area contributed by atoms with E-state index in [0.717, 1.165) is 0 Å². The summed E-state index contributed by atoms with van der Waals surface area (Å²) in [5.74, 6) is 0.191. The third-order valence-electron chi connectivity index (χ3n) is 2.43. The van der Waals surface area contributed by atoms with Crippen molar-refractivity contribution in [3.8, 4) is 11.6 Å². The highest BCUT2D eigenvalue weighted by Crippen LogP contribution is 2.15. The second-order valence-corrected chi connectivity index (χ2v) is 4.27. The van der Waals surface area contributed by atoms with Gasteiger partial charge in [-0.15, -0.1) is 0 Å². The number of carbonyl (C=O) groups is 1. The fraction of sp³-hybridized carbons (Fsp3) is 0.364. The number of nitrogens with zero attached hydrogens (tertiary/aromatic N) is 2. The molecule has 0 amide bonds. The molecule has 7 heteroatoms. The van der Waals surface area contributed by atoms with Gasteiger partial charge in [0.25, 0.3) is 0 Å². The Morgan fingerprint density at radius 2 is 2.33 bits per heavy atom. The number of aliphatic carboxylic acids is 1. The zero-order valence-electron chi connectivity index (χ0n) is 10.0. The van der Waals surface area contributed by atoms with Crippen molar-refractivity contribution in [2.45, 2.75) is 25.9 Å². The smallest absolute Gasteiger partial charge is 0.323 e. The van der Waals surface area contributed by atoms with E-state index in [1.54, 1.807) is 26.0 Å². The molecule has 0 saturated carbocycles. The van der Waals surface area contributed by atoms with E-state index >= 15 is 0 Å². The maximum Gasteiger partial charge on any atom is 0.323 e. The average molecular weight is 251 g/mol. The van der Waals surface area contributed by atoms with Gasteiger partial charge in [-0.05, 0) is 26.0 Å². The highest BCUT2D eigenvalue weighted by Gasteiger charge is 2.27. The molecule has 2 aromatic rings. The molecule has 0 aromatic carbocycles. The first kappa shape index (κ1) is 12.3. The Balaban J connectivity index is 2.02. The Bertz CT molecular complexity index is 530. The highest BCUT2D eigenvalue weighted by atomic mass is 16.5. The van der Waals surface area contributed by atoms with Crippen molar-refractivity contribution in [1.82, 2.24) is 15.5 Å². The van der Waals surface area contributed by atoms with Crippen molar-refractivity contribution in [3.63, 3.8) is 0 Å². The van der Waals surface area contributed by atoms with Crippen LogP contribution in [0.5, 0.6) is 0 Å². The van der Waals surface area contributed by atoms with Gasteiger partial charge in [0.1, 0.15) is 5.54 Å². The Hall–Kier alpha value is -2.15. The lowest BCUT2D eigenvalue weighted by Gasteiger charge is -2.19. The predicted molar refractivity (Wildman–Crippen MR) is 60.6 cm³/mol. The maximum atomic E-state index is 10.9. The lowest BCUT2D eigenvalue weighted by molar-refractivity contribution is -0.143. The number of carboxylic acid groups (broad SMARTS) is 1. The molecule has 0 bridgehead atoms. The molecular weight excluding hydrogens is 238 g/mol. The normalized spacial score (nSPS) is 11.7. The van der Waals surface area contributed by atoms with Gasteiger partial charge in [0.05, 0.1) is 12.8 Å². The Morgan fingerprint density at radius 1 is 1.56 bits per heavy atom. The van der Waals surface area contributed by atoms with Crippen LogP contribution in [-0.4, -0.2) is 26.8 Å². The number of aromatic nitrogens is 2. The first-order chi connectivity index (χ1) is 8.49. The van der Waals surface area contributed by atoms with Crippen LogP contribution in [0.15, 0.2) is 27.3 Å². The van der Waals surface area contributed by atoms with Crippen LogP contribution in [0, 0.1) is 0 Å². The predicted octanol–water partition coefficient (Wildman–Crippen LogP) is 1.28. The van der Waals surface area contributed by atoms with Gasteiger partial charge in [-0.25, -0.2) is 0 Å². The number of nitrogens with one attached hydrogen (secondary N) is 1. The van der Waals surface area contributed by atoms with Gasteiger partial charge in [0, 0.05) is 0 Å². The number of rotatable bonds is 5. The molecule has 0 atom stereocenters. The zero-order valence-corrected chi connectivity index (χ0v) is 10.0. The molecule has 2 rings (SSSR count). The molecule has 0 aliphatic carbocycles. The standard InChI is InChI=1S/C11H13N3O4/c1-11(2,10(15)16)12-6-8-13-9(14-18-8)7-4-3-5-17-7/h3-5,12H,6H2,1-2H3,(H,15,16). The number of hydrogen-bond donors (Lipinski definition) is 2. The van der Waals surface area contributed by atoms with E-state index in [0.29, 0.717) is 17.5 Å². The van der Waals surface area contributed by atoms with E-state index in [4.69, 9.17) is 14.0 Å². The van der Waals surface area contributed by atoms with E-state index < -0.39 is 11.5 Å². The second kappa shape index (κ2) is 4.61. The fourth-order valence-electron chi connectivity index (χ4n) is 1.20. The van der Waals surface area contributed by atoms with Gasteiger partial charge in [-0.3, -0.25) is 10.1 Å². The summed E-state index contributed by atoms with van der Waals surface area (Å²) in [6.45, 7) is 3.28. The molecule has 0 spiro atoms. The molecule has 0 saturated heterocycles. The van der Waals surface area contributed by atoms with Gasteiger partial charge >= 0.3 is 5.97 Å². The maximum absolute atomic E-state index is 10.9. The summed E-state index contributed by atoms with van der Waals surface area (Å²) < 4.78 is 10.1. The molecule has 2 aromatic heterocycles. The van der Waals surface area contributed by atoms with Crippen molar-refractivity contribution < 1.29 is 18.8 Å². The van der Waals surface area contributed by atoms with Gasteiger partial charge in [0.2, 0.25) is 11.7 Å². The third kappa shape index (κ3) is 2.57. The first-order valence-electron chi connectivity index (χ1n) is 5.34. The van der Waals surface area contributed by atoms with Crippen LogP contribution in [0.4, 0.5) is 0 Å². The minimum absolute atomic E-state index is 0.174. The monoisotopic (exact) mass is 251 g/mol. The zero-order chi connectivity index (χ0) is 13.2. The van der Waals surface area contributed by atoms with E-state index in [1.165, 1.54) is 6.26 Å². The molecule has 2 N–H and O–H groups in total. The first-order valence-corrected chi connectivity index (χ1v) is 5.34. The van der Waals surface area contributed by atoms with Crippen molar-refractivity contribution >= 4 is 5.97 Å². The minimum atomic E-state index is -1.06. The Labute approximate surface area is 103 Å². The quantitative estimate of drug-likeness (QED) is 0.825. The van der Waals surface area contributed by atoms with Crippen LogP contribution >= 0.6 is 0 Å². The van der Waals surface area contributed by atoms with E-state index in [-0.39, 0.29) is 6.54 Å². The Kier molecular flexibility index (Phi) is 3.15. The molecule has 0 unspecified atom stereocenters. The van der Waals surface area contributed by atoms with E-state index in [1.807, 2.05) is 0 Å². The van der Waals surface area contributed by atoms with Crippen LogP contribution in [0.2, 0.25) is 0 Å². The molecule has 0 aliphatic rings. The molecule has 0 fully saturated rings. The second-order valence-electron chi connectivity index (χ2n) is 4.27. The topological polar surface area (TPSA) is 101 Å². The van der Waals surface area contributed by atoms with Gasteiger partial charge in [0.15, 0.2) is 5.76 Å². The van der Waals surface area contributed by atoms with Crippen molar-refractivity contribution in [1.29, 1.82) is 0 Å². The van der Waals surface area contributed by atoms with Gasteiger partial charge in [-0.2, -0.15) is 4.98 Å². The largest absolute Gasteiger partial charge is 0.480 e. The molecule has 0 radical (unpaired) electrons. The highest BCUT2D eigenvalue weighted by molar-refractivity contribution is 5.77. The minimum Gasteiger partial charge on any atom is -0.480 e. The summed E-state index contributed by atoms with van der Waals surface area (Å²) in [5.41, 5.74) is -1.06. The molecule has 0 aliphatic heterocycles. The lowest BCUT2D eigenvalue weighted by atomic mass is 10.1. The summed E-state index contributed by atoms with van der Waals surface area (Å²) in [7, 11) is 0. The van der Waals surface area contributed by atoms with E-state index in [9.17, 15) is 4.79 Å². The third-order valence-corrected chi connectivity index (χ3v) is 2.43. The van der Waals surface area contributed by atoms with Crippen LogP contribution < -0.4 is 5.32 Å². The summed E-state index contributed by atoms with van der Waals surface area (Å²) in [6, 6.07) is 3.43. The lowest BCUT2D eigenvalue weighted by Crippen LogP contribution is -2.46. The molecule has 96 valence electrons. The van der Waals surface area contributed by atoms with Gasteiger partial charge in [-0.1, -0.05) is 5.16 Å². The SMILES string of the molecule is CC(C)(NCc1nc(-c2ccco2)no1)C(=O)O. The average Bonchev–Trinajstić information content (AvgIpc) is 2.97. The van der Waals surface area contributed by atoms with E-state index in [2.05, 4.69) is 15.5 Å². The molecule has 7 nitrogen and oxygen atoms in total. The number of carboxylic acids is 1. The van der Waals surface area contributed by atoms with Crippen LogP contribution in [0.25, 0.3) is 11.6 Å². The summed E-state index contributed by atoms with van der Waals surface area (Å²) >= 11 is 0. The molecule has 2 heterocycles. The van der Waals surface area contributed by atoms with Crippen molar-refractivity contribution in [2.24, 2.45) is 0 Å². The number of furan rings is 1. The Morgan fingerprint density at radius 3 is 2.94 bits per heavy atom. The summed E-state index contributed by atoms with van der Waals surface area (Å²) in [4.78, 5) is 15.0. The van der Waals surface area contributed by atoms with Crippen molar-refractivity contribution in [2.75, 3.05) is 0 Å². The van der Waals surface area contributed by atoms with Crippen LogP contribution in [-0.2, 0) is 11.3 Å². The fourth-order valence-corrected chi connectivity index (χ4v) is 1.20. The van der Waals surface area contributed by atoms with Crippen LogP contribution in [0.3, 0.4) is 0 Å². The van der Waals surface area contributed by atoms with Crippen LogP contribution in [0.1, 0.15) is 19.7 Å². The summed E-state index contributed by atoms with van der Waals surface area (Å²) in [6.07, 6.45) is 1.51. The number of hydrogen-bond acceptors (Lipinski definition) is 6. The molecular formula is C11H13N3O4. The summed E-state index contributed by atoms with van der Waals surface area (Å²) in [5, 5.41) is 15.5. The van der Waals surface area contributed by atoms with Crippen molar-refractivity contribution in [3.05, 3.63) is 24.3 Å².